The molecule has 18 heteroatoms. The third-order valence-corrected chi connectivity index (χ3v) is 15.5. The SMILES string of the molecule is CC.CC(C)C[C@@H](NC(=O)[C@H](CC(=O)[C@H](N)Cc1ccccc1)Cc1ccccc1)C(=O)C[C@H](CCCN)C(=O)NCCCC[C@@H](NC(=O)[C@@H](CCCN)CC(=O)[C@@H](CC(C)C)NC(=O)[C@H](CC(=O)[C@H](N)Cc1ccccc1)Cc1ccccc1)C(=O)O. The number of nitrogens with two attached hydrogens (primary N) is 4. The van der Waals surface area contributed by atoms with Crippen LogP contribution in [0.2, 0.25) is 0 Å². The van der Waals surface area contributed by atoms with Gasteiger partial charge in [-0.2, -0.15) is 0 Å². The molecule has 4 aromatic rings. The molecule has 0 spiro atoms. The van der Waals surface area contributed by atoms with E-state index in [9.17, 15) is 48.3 Å². The number of unbranched alkanes of at least 4 members (excludes halogenated alkanes) is 1. The summed E-state index contributed by atoms with van der Waals surface area (Å²) in [5, 5.41) is 21.7. The van der Waals surface area contributed by atoms with Crippen LogP contribution in [0.15, 0.2) is 121 Å². The molecule has 4 rings (SSSR count). The molecule has 4 amide bonds. The zero-order valence-corrected chi connectivity index (χ0v) is 53.0. The summed E-state index contributed by atoms with van der Waals surface area (Å²) in [6.45, 7) is 12.3. The lowest BCUT2D eigenvalue weighted by Crippen LogP contribution is -2.48. The van der Waals surface area contributed by atoms with Crippen molar-refractivity contribution in [2.24, 2.45) is 58.4 Å². The minimum Gasteiger partial charge on any atom is -0.480 e. The van der Waals surface area contributed by atoms with Crippen LogP contribution in [-0.4, -0.2) is 108 Å². The number of carbonyl (C=O) groups is 9. The third kappa shape index (κ3) is 28.7. The van der Waals surface area contributed by atoms with Gasteiger partial charge in [0.2, 0.25) is 23.6 Å². The Balaban J connectivity index is 0.0000100. The van der Waals surface area contributed by atoms with E-state index in [1.807, 2.05) is 163 Å². The smallest absolute Gasteiger partial charge is 0.326 e. The molecule has 0 unspecified atom stereocenters. The molecule has 0 bridgehead atoms. The lowest BCUT2D eigenvalue weighted by atomic mass is 9.88. The zero-order chi connectivity index (χ0) is 65.0. The molecular formula is C70H102N8O10. The molecule has 0 aliphatic heterocycles. The molecule has 0 saturated carbocycles. The number of benzene rings is 4. The van der Waals surface area contributed by atoms with Gasteiger partial charge in [0.25, 0.3) is 0 Å². The minimum atomic E-state index is -1.33. The highest BCUT2D eigenvalue weighted by molar-refractivity contribution is 5.96. The maximum Gasteiger partial charge on any atom is 0.326 e. The summed E-state index contributed by atoms with van der Waals surface area (Å²) in [5.41, 5.74) is 27.9. The highest BCUT2D eigenvalue weighted by Crippen LogP contribution is 2.23. The molecule has 18 nitrogen and oxygen atoms in total. The molecule has 0 fully saturated rings. The van der Waals surface area contributed by atoms with Crippen molar-refractivity contribution in [2.75, 3.05) is 19.6 Å². The number of rotatable bonds is 43. The standard InChI is InChI=1S/C68H96N8O10.C2H6/c1-45(2)35-58(75-66(83)53(37-47-21-9-5-10-22-47)43-60(77)55(71)39-49-25-13-7-14-26-49)62(79)41-51(29-19-32-69)64(81)73-34-18-17-31-57(68(85)86)74-65(82)52(30-20-33-70)42-63(80)59(36-46(3)4)76-67(84)54(38-48-23-11-6-12-24-48)44-61(78)56(72)40-50-27-15-8-16-28-50;1-2/h5-16,21-28,45-46,51-59H,17-20,29-44,69-72H2,1-4H3,(H,73,81)(H,74,82)(H,75,83)(H,76,84)(H,85,86);1-2H3/t51-,52-,53-,54-,55+,56+,57+,58+,59+;/m0./s1. The second kappa shape index (κ2) is 41.8. The third-order valence-electron chi connectivity index (χ3n) is 15.5. The van der Waals surface area contributed by atoms with Gasteiger partial charge in [-0.25, -0.2) is 4.79 Å². The van der Waals surface area contributed by atoms with Crippen LogP contribution in [-0.2, 0) is 68.8 Å². The Hall–Kier alpha value is -7.25. The van der Waals surface area contributed by atoms with Crippen LogP contribution in [0.25, 0.3) is 0 Å². The molecule has 0 saturated heterocycles. The Morgan fingerprint density at radius 3 is 1.06 bits per heavy atom. The van der Waals surface area contributed by atoms with Crippen molar-refractivity contribution in [3.8, 4) is 0 Å². The van der Waals surface area contributed by atoms with E-state index in [0.717, 1.165) is 22.3 Å². The summed E-state index contributed by atoms with van der Waals surface area (Å²) >= 11 is 0. The van der Waals surface area contributed by atoms with Crippen molar-refractivity contribution in [3.63, 3.8) is 0 Å². The summed E-state index contributed by atoms with van der Waals surface area (Å²) < 4.78 is 0. The molecule has 482 valence electrons. The number of hydrogen-bond acceptors (Lipinski definition) is 13. The van der Waals surface area contributed by atoms with E-state index in [2.05, 4.69) is 21.3 Å². The van der Waals surface area contributed by atoms with Crippen LogP contribution in [0.3, 0.4) is 0 Å². The quantitative estimate of drug-likeness (QED) is 0.0196. The van der Waals surface area contributed by atoms with Gasteiger partial charge in [0.05, 0.1) is 24.2 Å². The second-order valence-electron chi connectivity index (χ2n) is 23.9. The van der Waals surface area contributed by atoms with Crippen LogP contribution in [0.1, 0.15) is 147 Å². The predicted octanol–water partition coefficient (Wildman–Crippen LogP) is 7.34. The van der Waals surface area contributed by atoms with Gasteiger partial charge >= 0.3 is 5.97 Å². The van der Waals surface area contributed by atoms with Gasteiger partial charge in [0, 0.05) is 55.9 Å². The normalized spacial score (nSPS) is 14.3. The molecule has 0 radical (unpaired) electrons. The number of nitrogens with one attached hydrogen (secondary N) is 4. The fraction of sp³-hybridized carbons (Fsp3) is 0.529. The average Bonchev–Trinajstić information content (AvgIpc) is 3.66. The summed E-state index contributed by atoms with van der Waals surface area (Å²) in [7, 11) is 0. The number of aliphatic carboxylic acids is 1. The number of amides is 4. The van der Waals surface area contributed by atoms with Crippen molar-refractivity contribution < 1.29 is 48.3 Å². The number of carboxylic acids is 1. The Morgan fingerprint density at radius 1 is 0.398 bits per heavy atom. The van der Waals surface area contributed by atoms with Crippen molar-refractivity contribution in [3.05, 3.63) is 144 Å². The lowest BCUT2D eigenvalue weighted by molar-refractivity contribution is -0.143. The van der Waals surface area contributed by atoms with Crippen molar-refractivity contribution in [1.82, 2.24) is 21.3 Å². The van der Waals surface area contributed by atoms with Crippen LogP contribution >= 0.6 is 0 Å². The van der Waals surface area contributed by atoms with E-state index < -0.39 is 89.3 Å². The lowest BCUT2D eigenvalue weighted by Gasteiger charge is -2.26. The average molecular weight is 1220 g/mol. The molecule has 0 aliphatic carbocycles. The fourth-order valence-corrected chi connectivity index (χ4v) is 10.7. The minimum absolute atomic E-state index is 0.00143. The van der Waals surface area contributed by atoms with Crippen LogP contribution < -0.4 is 44.2 Å². The Morgan fingerprint density at radius 2 is 0.716 bits per heavy atom. The number of Topliss-reactive ketones (excluding diaryl/α,β-unsaturated/α-hetero) is 4. The molecule has 0 aliphatic rings. The van der Waals surface area contributed by atoms with Crippen molar-refractivity contribution in [2.45, 2.75) is 181 Å². The summed E-state index contributed by atoms with van der Waals surface area (Å²) in [6, 6.07) is 32.3. The number of carboxylic acid groups (broad SMARTS) is 1. The second-order valence-corrected chi connectivity index (χ2v) is 23.9. The molecule has 13 N–H and O–H groups in total. The van der Waals surface area contributed by atoms with Gasteiger partial charge in [0.1, 0.15) is 6.04 Å². The Labute approximate surface area is 522 Å². The molecule has 9 atom stereocenters. The van der Waals surface area contributed by atoms with Crippen molar-refractivity contribution in [1.29, 1.82) is 0 Å². The zero-order valence-electron chi connectivity index (χ0n) is 53.0. The van der Waals surface area contributed by atoms with E-state index in [1.165, 1.54) is 0 Å². The summed E-state index contributed by atoms with van der Waals surface area (Å²) in [6.07, 6.45) is 2.73. The van der Waals surface area contributed by atoms with Gasteiger partial charge in [-0.1, -0.05) is 163 Å². The fourth-order valence-electron chi connectivity index (χ4n) is 10.7. The van der Waals surface area contributed by atoms with Crippen molar-refractivity contribution >= 4 is 52.7 Å². The Bertz CT molecular complexity index is 2730. The van der Waals surface area contributed by atoms with E-state index in [0.29, 0.717) is 44.9 Å². The van der Waals surface area contributed by atoms with E-state index in [-0.39, 0.29) is 113 Å². The monoisotopic (exact) mass is 1210 g/mol. The first-order chi connectivity index (χ1) is 42.2. The Kier molecular flexibility index (Phi) is 35.6. The van der Waals surface area contributed by atoms with E-state index in [1.54, 1.807) is 0 Å². The maximum absolute atomic E-state index is 14.3. The van der Waals surface area contributed by atoms with Gasteiger partial charge in [0.15, 0.2) is 23.1 Å². The molecule has 0 aromatic heterocycles. The first-order valence-corrected chi connectivity index (χ1v) is 31.8. The van der Waals surface area contributed by atoms with Gasteiger partial charge in [-0.15, -0.1) is 0 Å². The molecular weight excluding hydrogens is 1110 g/mol. The summed E-state index contributed by atoms with van der Waals surface area (Å²) in [4.78, 5) is 124. The summed E-state index contributed by atoms with van der Waals surface area (Å²) in [5.74, 6) is -8.09. The van der Waals surface area contributed by atoms with E-state index in [4.69, 9.17) is 22.9 Å². The number of carbonyl (C=O) groups excluding carboxylic acids is 8. The predicted molar refractivity (Wildman–Crippen MR) is 346 cm³/mol. The van der Waals surface area contributed by atoms with Gasteiger partial charge < -0.3 is 49.3 Å². The van der Waals surface area contributed by atoms with Crippen LogP contribution in [0, 0.1) is 35.5 Å². The maximum atomic E-state index is 14.3. The van der Waals surface area contributed by atoms with Gasteiger partial charge in [-0.05, 0) is 131 Å². The highest BCUT2D eigenvalue weighted by atomic mass is 16.4. The first kappa shape index (κ1) is 75.0. The first-order valence-electron chi connectivity index (χ1n) is 31.8. The van der Waals surface area contributed by atoms with Gasteiger partial charge in [-0.3, -0.25) is 38.4 Å². The molecule has 0 heterocycles. The molecule has 4 aromatic carbocycles. The van der Waals surface area contributed by atoms with Crippen LogP contribution in [0.4, 0.5) is 0 Å². The topological polar surface area (TPSA) is 326 Å². The highest BCUT2D eigenvalue weighted by Gasteiger charge is 2.35. The van der Waals surface area contributed by atoms with E-state index >= 15 is 0 Å². The molecule has 88 heavy (non-hydrogen) atoms. The largest absolute Gasteiger partial charge is 0.480 e. The number of ketones is 4. The number of hydrogen-bond donors (Lipinski definition) is 9. The van der Waals surface area contributed by atoms with Crippen LogP contribution in [0.5, 0.6) is 0 Å².